The first-order chi connectivity index (χ1) is 11.6. The fourth-order valence-corrected chi connectivity index (χ4v) is 3.20. The van der Waals surface area contributed by atoms with Gasteiger partial charge in [0.1, 0.15) is 0 Å². The van der Waals surface area contributed by atoms with Crippen molar-refractivity contribution in [3.63, 3.8) is 0 Å². The number of hydrogen-bond donors (Lipinski definition) is 1. The summed E-state index contributed by atoms with van der Waals surface area (Å²) in [7, 11) is 0. The molecule has 1 aliphatic heterocycles. The predicted octanol–water partition coefficient (Wildman–Crippen LogP) is 2.91. The van der Waals surface area contributed by atoms with Crippen LogP contribution in [0.1, 0.15) is 29.1 Å². The van der Waals surface area contributed by atoms with Crippen LogP contribution in [0.15, 0.2) is 35.7 Å². The van der Waals surface area contributed by atoms with E-state index in [9.17, 15) is 9.59 Å². The molecule has 1 aliphatic rings. The second kappa shape index (κ2) is 7.40. The lowest BCUT2D eigenvalue weighted by Crippen LogP contribution is -2.24. The SMILES string of the molecule is Cc1nc(/C=C/C(=O)NCc2cccc(N3CCCC3=O)c2)cs1. The number of nitrogens with zero attached hydrogens (tertiary/aromatic N) is 2. The number of hydrogen-bond acceptors (Lipinski definition) is 4. The number of carbonyl (C=O) groups is 2. The lowest BCUT2D eigenvalue weighted by atomic mass is 10.2. The normalized spacial score (nSPS) is 14.5. The number of aromatic nitrogens is 1. The van der Waals surface area contributed by atoms with Gasteiger partial charge in [0.15, 0.2) is 0 Å². The summed E-state index contributed by atoms with van der Waals surface area (Å²) in [5, 5.41) is 5.74. The zero-order chi connectivity index (χ0) is 16.9. The van der Waals surface area contributed by atoms with Gasteiger partial charge in [0, 0.05) is 36.7 Å². The van der Waals surface area contributed by atoms with E-state index in [4.69, 9.17) is 0 Å². The van der Waals surface area contributed by atoms with Crippen LogP contribution in [0.4, 0.5) is 5.69 Å². The summed E-state index contributed by atoms with van der Waals surface area (Å²) in [6.45, 7) is 3.12. The molecule has 0 unspecified atom stereocenters. The van der Waals surface area contributed by atoms with Gasteiger partial charge in [-0.15, -0.1) is 11.3 Å². The van der Waals surface area contributed by atoms with E-state index in [1.165, 1.54) is 6.08 Å². The Balaban J connectivity index is 1.57. The Hall–Kier alpha value is -2.47. The van der Waals surface area contributed by atoms with Crippen molar-refractivity contribution in [2.45, 2.75) is 26.3 Å². The van der Waals surface area contributed by atoms with Crippen LogP contribution < -0.4 is 10.2 Å². The van der Waals surface area contributed by atoms with Gasteiger partial charge >= 0.3 is 0 Å². The standard InChI is InChI=1S/C18H19N3O2S/c1-13-20-15(12-24-13)7-8-17(22)19-11-14-4-2-5-16(10-14)21-9-3-6-18(21)23/h2,4-5,7-8,10,12H,3,6,9,11H2,1H3,(H,19,22)/b8-7+. The Kier molecular flexibility index (Phi) is 5.05. The molecule has 3 rings (SSSR count). The smallest absolute Gasteiger partial charge is 0.244 e. The molecule has 2 heterocycles. The van der Waals surface area contributed by atoms with Crippen LogP contribution >= 0.6 is 11.3 Å². The zero-order valence-electron chi connectivity index (χ0n) is 13.5. The summed E-state index contributed by atoms with van der Waals surface area (Å²) >= 11 is 1.55. The Morgan fingerprint density at radius 3 is 3.04 bits per heavy atom. The van der Waals surface area contributed by atoms with Crippen molar-refractivity contribution in [1.29, 1.82) is 0 Å². The van der Waals surface area contributed by atoms with E-state index in [1.54, 1.807) is 22.3 Å². The van der Waals surface area contributed by atoms with E-state index >= 15 is 0 Å². The molecule has 24 heavy (non-hydrogen) atoms. The number of rotatable bonds is 5. The number of aryl methyl sites for hydroxylation is 1. The Morgan fingerprint density at radius 2 is 2.33 bits per heavy atom. The van der Waals surface area contributed by atoms with Crippen molar-refractivity contribution in [1.82, 2.24) is 10.3 Å². The molecular formula is C18H19N3O2S. The Bertz CT molecular complexity index is 782. The Morgan fingerprint density at radius 1 is 1.46 bits per heavy atom. The zero-order valence-corrected chi connectivity index (χ0v) is 14.3. The average Bonchev–Trinajstić information content (AvgIpc) is 3.19. The quantitative estimate of drug-likeness (QED) is 0.851. The van der Waals surface area contributed by atoms with Crippen LogP contribution in [0.25, 0.3) is 6.08 Å². The van der Waals surface area contributed by atoms with Crippen LogP contribution in [0, 0.1) is 6.92 Å². The maximum absolute atomic E-state index is 11.9. The Labute approximate surface area is 145 Å². The first-order valence-corrected chi connectivity index (χ1v) is 8.77. The highest BCUT2D eigenvalue weighted by Gasteiger charge is 2.21. The van der Waals surface area contributed by atoms with Crippen molar-refractivity contribution < 1.29 is 9.59 Å². The van der Waals surface area contributed by atoms with E-state index in [1.807, 2.05) is 36.6 Å². The van der Waals surface area contributed by atoms with E-state index < -0.39 is 0 Å². The van der Waals surface area contributed by atoms with Gasteiger partial charge in [-0.2, -0.15) is 0 Å². The number of benzene rings is 1. The molecule has 1 fully saturated rings. The number of amides is 2. The molecule has 0 radical (unpaired) electrons. The maximum Gasteiger partial charge on any atom is 0.244 e. The van der Waals surface area contributed by atoms with Gasteiger partial charge in [-0.3, -0.25) is 9.59 Å². The third kappa shape index (κ3) is 4.08. The number of nitrogens with one attached hydrogen (secondary N) is 1. The number of anilines is 1. The number of carbonyl (C=O) groups excluding carboxylic acids is 2. The van der Waals surface area contributed by atoms with Gasteiger partial charge < -0.3 is 10.2 Å². The first-order valence-electron chi connectivity index (χ1n) is 7.89. The van der Waals surface area contributed by atoms with Crippen LogP contribution in [-0.4, -0.2) is 23.3 Å². The second-order valence-electron chi connectivity index (χ2n) is 5.66. The minimum absolute atomic E-state index is 0.164. The van der Waals surface area contributed by atoms with Crippen LogP contribution in [0.5, 0.6) is 0 Å². The number of thiazole rings is 1. The van der Waals surface area contributed by atoms with Crippen molar-refractivity contribution in [3.8, 4) is 0 Å². The van der Waals surface area contributed by atoms with Gasteiger partial charge in [0.2, 0.25) is 11.8 Å². The molecule has 2 amide bonds. The monoisotopic (exact) mass is 341 g/mol. The molecule has 1 aromatic heterocycles. The van der Waals surface area contributed by atoms with E-state index in [0.717, 1.165) is 34.9 Å². The maximum atomic E-state index is 11.9. The van der Waals surface area contributed by atoms with Crippen molar-refractivity contribution in [2.24, 2.45) is 0 Å². The summed E-state index contributed by atoms with van der Waals surface area (Å²) in [6, 6.07) is 7.74. The lowest BCUT2D eigenvalue weighted by molar-refractivity contribution is -0.117. The highest BCUT2D eigenvalue weighted by Crippen LogP contribution is 2.22. The molecule has 0 spiro atoms. The molecule has 6 heteroatoms. The summed E-state index contributed by atoms with van der Waals surface area (Å²) in [5.41, 5.74) is 2.67. The average molecular weight is 341 g/mol. The highest BCUT2D eigenvalue weighted by atomic mass is 32.1. The van der Waals surface area contributed by atoms with E-state index in [0.29, 0.717) is 13.0 Å². The van der Waals surface area contributed by atoms with Crippen molar-refractivity contribution in [2.75, 3.05) is 11.4 Å². The molecule has 0 bridgehead atoms. The topological polar surface area (TPSA) is 62.3 Å². The van der Waals surface area contributed by atoms with Crippen LogP contribution in [-0.2, 0) is 16.1 Å². The molecule has 1 N–H and O–H groups in total. The van der Waals surface area contributed by atoms with Gasteiger partial charge in [-0.1, -0.05) is 12.1 Å². The van der Waals surface area contributed by atoms with E-state index in [2.05, 4.69) is 10.3 Å². The van der Waals surface area contributed by atoms with Crippen LogP contribution in [0.3, 0.4) is 0 Å². The molecule has 0 aliphatic carbocycles. The summed E-state index contributed by atoms with van der Waals surface area (Å²) < 4.78 is 0. The van der Waals surface area contributed by atoms with Crippen LogP contribution in [0.2, 0.25) is 0 Å². The van der Waals surface area contributed by atoms with Gasteiger partial charge in [0.25, 0.3) is 0 Å². The minimum Gasteiger partial charge on any atom is -0.348 e. The van der Waals surface area contributed by atoms with E-state index in [-0.39, 0.29) is 11.8 Å². The molecule has 0 atom stereocenters. The van der Waals surface area contributed by atoms with Gasteiger partial charge in [-0.05, 0) is 37.1 Å². The largest absolute Gasteiger partial charge is 0.348 e. The third-order valence-electron chi connectivity index (χ3n) is 3.80. The molecule has 1 aromatic carbocycles. The minimum atomic E-state index is -0.164. The molecule has 5 nitrogen and oxygen atoms in total. The predicted molar refractivity (Wildman–Crippen MR) is 95.8 cm³/mol. The molecule has 1 saturated heterocycles. The molecule has 0 saturated carbocycles. The molecule has 124 valence electrons. The fourth-order valence-electron chi connectivity index (χ4n) is 2.62. The van der Waals surface area contributed by atoms with Gasteiger partial charge in [-0.25, -0.2) is 4.98 Å². The van der Waals surface area contributed by atoms with Gasteiger partial charge in [0.05, 0.1) is 10.7 Å². The molecular weight excluding hydrogens is 322 g/mol. The summed E-state index contributed by atoms with van der Waals surface area (Å²) in [5.74, 6) is 0.000908. The highest BCUT2D eigenvalue weighted by molar-refractivity contribution is 7.09. The lowest BCUT2D eigenvalue weighted by Gasteiger charge is -2.16. The third-order valence-corrected chi connectivity index (χ3v) is 4.60. The summed E-state index contributed by atoms with van der Waals surface area (Å²) in [6.07, 6.45) is 4.71. The molecule has 2 aromatic rings. The first kappa shape index (κ1) is 16.4. The van der Waals surface area contributed by atoms with Crippen molar-refractivity contribution in [3.05, 3.63) is 52.0 Å². The second-order valence-corrected chi connectivity index (χ2v) is 6.72. The fraction of sp³-hybridized carbons (Fsp3) is 0.278. The summed E-state index contributed by atoms with van der Waals surface area (Å²) in [4.78, 5) is 29.8. The van der Waals surface area contributed by atoms with Crippen molar-refractivity contribution >= 4 is 34.9 Å².